The van der Waals surface area contributed by atoms with E-state index in [0.29, 0.717) is 19.3 Å². The van der Waals surface area contributed by atoms with Gasteiger partial charge in [-0.15, -0.1) is 0 Å². The Balaban J connectivity index is 2.04. The summed E-state index contributed by atoms with van der Waals surface area (Å²) in [6.45, 7) is 1.68. The third kappa shape index (κ3) is 2.95. The molecule has 0 spiro atoms. The molecule has 3 heteroatoms. The fourth-order valence-electron chi connectivity index (χ4n) is 2.25. The third-order valence-electron chi connectivity index (χ3n) is 3.19. The Morgan fingerprint density at radius 1 is 1.19 bits per heavy atom. The molecule has 1 aliphatic rings. The smallest absolute Gasteiger partial charge is 0.116 e. The van der Waals surface area contributed by atoms with Crippen LogP contribution in [0.3, 0.4) is 0 Å². The Hall–Kier alpha value is -1.09. The number of rotatable bonds is 2. The molecule has 1 aromatic carbocycles. The molecule has 1 aromatic rings. The van der Waals surface area contributed by atoms with E-state index in [4.69, 9.17) is 5.11 Å². The fourth-order valence-corrected chi connectivity index (χ4v) is 2.25. The summed E-state index contributed by atoms with van der Waals surface area (Å²) in [6.07, 6.45) is 2.55. The van der Waals surface area contributed by atoms with Crippen molar-refractivity contribution in [3.8, 4) is 5.75 Å². The minimum absolute atomic E-state index is 0.235. The molecule has 1 aliphatic heterocycles. The first-order chi connectivity index (χ1) is 7.68. The normalized spacial score (nSPS) is 26.3. The van der Waals surface area contributed by atoms with Crippen LogP contribution in [-0.2, 0) is 6.42 Å². The molecule has 0 amide bonds. The quantitative estimate of drug-likeness (QED) is 0.807. The van der Waals surface area contributed by atoms with E-state index in [1.165, 1.54) is 0 Å². The van der Waals surface area contributed by atoms with Gasteiger partial charge in [-0.2, -0.15) is 0 Å². The number of hydrogen-bond acceptors (Lipinski definition) is 2. The average Bonchev–Trinajstić information content (AvgIpc) is 2.47. The van der Waals surface area contributed by atoms with E-state index < -0.39 is 5.67 Å². The van der Waals surface area contributed by atoms with Gasteiger partial charge in [0.1, 0.15) is 11.4 Å². The first kappa shape index (κ1) is 11.4. The van der Waals surface area contributed by atoms with E-state index in [2.05, 4.69) is 5.32 Å². The lowest BCUT2D eigenvalue weighted by molar-refractivity contribution is 0.144. The summed E-state index contributed by atoms with van der Waals surface area (Å²) in [5.41, 5.74) is -0.122. The van der Waals surface area contributed by atoms with Gasteiger partial charge in [0.2, 0.25) is 0 Å². The minimum Gasteiger partial charge on any atom is -0.508 e. The van der Waals surface area contributed by atoms with Crippen LogP contribution in [0, 0.1) is 0 Å². The molecule has 0 radical (unpaired) electrons. The van der Waals surface area contributed by atoms with Crippen molar-refractivity contribution in [2.75, 3.05) is 13.1 Å². The Bertz CT molecular complexity index is 328. The predicted octanol–water partition coefficient (Wildman–Crippen LogP) is 2.42. The van der Waals surface area contributed by atoms with Crippen molar-refractivity contribution >= 4 is 0 Å². The lowest BCUT2D eigenvalue weighted by Crippen LogP contribution is -2.27. The second-order valence-corrected chi connectivity index (χ2v) is 4.60. The van der Waals surface area contributed by atoms with Gasteiger partial charge in [-0.3, -0.25) is 0 Å². The van der Waals surface area contributed by atoms with Gasteiger partial charge in [0, 0.05) is 6.42 Å². The number of nitrogens with one attached hydrogen (secondary N) is 1. The van der Waals surface area contributed by atoms with Gasteiger partial charge >= 0.3 is 0 Å². The van der Waals surface area contributed by atoms with Crippen LogP contribution in [0.15, 0.2) is 24.3 Å². The van der Waals surface area contributed by atoms with Crippen LogP contribution < -0.4 is 5.32 Å². The zero-order valence-corrected chi connectivity index (χ0v) is 9.38. The van der Waals surface area contributed by atoms with Gasteiger partial charge in [0.25, 0.3) is 0 Å². The highest BCUT2D eigenvalue weighted by Crippen LogP contribution is 2.29. The van der Waals surface area contributed by atoms with Gasteiger partial charge in [-0.1, -0.05) is 12.1 Å². The molecule has 2 rings (SSSR count). The Labute approximate surface area is 95.5 Å². The van der Waals surface area contributed by atoms with Gasteiger partial charge in [-0.25, -0.2) is 4.39 Å². The summed E-state index contributed by atoms with van der Waals surface area (Å²) in [5, 5.41) is 12.4. The molecule has 0 saturated carbocycles. The Kier molecular flexibility index (Phi) is 3.44. The Morgan fingerprint density at radius 3 is 2.69 bits per heavy atom. The van der Waals surface area contributed by atoms with Crippen LogP contribution in [0.4, 0.5) is 4.39 Å². The number of halogens is 1. The highest BCUT2D eigenvalue weighted by Gasteiger charge is 2.30. The van der Waals surface area contributed by atoms with Crippen molar-refractivity contribution in [1.82, 2.24) is 5.32 Å². The van der Waals surface area contributed by atoms with Crippen molar-refractivity contribution in [2.24, 2.45) is 0 Å². The molecule has 16 heavy (non-hydrogen) atoms. The second-order valence-electron chi connectivity index (χ2n) is 4.60. The van der Waals surface area contributed by atoms with Gasteiger partial charge in [0.15, 0.2) is 0 Å². The fraction of sp³-hybridized carbons (Fsp3) is 0.538. The first-order valence-electron chi connectivity index (χ1n) is 5.86. The van der Waals surface area contributed by atoms with Crippen molar-refractivity contribution in [2.45, 2.75) is 31.4 Å². The highest BCUT2D eigenvalue weighted by atomic mass is 19.1. The minimum atomic E-state index is -1.08. The molecule has 88 valence electrons. The van der Waals surface area contributed by atoms with E-state index in [-0.39, 0.29) is 5.75 Å². The van der Waals surface area contributed by atoms with Crippen LogP contribution in [0.2, 0.25) is 0 Å². The van der Waals surface area contributed by atoms with E-state index in [1.807, 2.05) is 0 Å². The number of hydrogen-bond donors (Lipinski definition) is 2. The lowest BCUT2D eigenvalue weighted by atomic mass is 9.89. The molecule has 1 heterocycles. The molecule has 1 fully saturated rings. The topological polar surface area (TPSA) is 32.3 Å². The summed E-state index contributed by atoms with van der Waals surface area (Å²) in [4.78, 5) is 0. The summed E-state index contributed by atoms with van der Waals surface area (Å²) in [7, 11) is 0. The van der Waals surface area contributed by atoms with Gasteiger partial charge in [-0.05, 0) is 50.0 Å². The summed E-state index contributed by atoms with van der Waals surface area (Å²) >= 11 is 0. The summed E-state index contributed by atoms with van der Waals surface area (Å²) in [6, 6.07) is 6.84. The molecule has 2 nitrogen and oxygen atoms in total. The number of benzene rings is 1. The number of aromatic hydroxyl groups is 1. The molecule has 1 unspecified atom stereocenters. The summed E-state index contributed by atoms with van der Waals surface area (Å²) < 4.78 is 14.5. The number of phenolic OH excluding ortho intramolecular Hbond substituents is 1. The first-order valence-corrected chi connectivity index (χ1v) is 5.86. The molecule has 1 atom stereocenters. The predicted molar refractivity (Wildman–Crippen MR) is 62.4 cm³/mol. The highest BCUT2D eigenvalue weighted by molar-refractivity contribution is 5.27. The monoisotopic (exact) mass is 223 g/mol. The molecule has 0 bridgehead atoms. The maximum atomic E-state index is 14.5. The standard InChI is InChI=1S/C13H18FNO/c14-13(6-1-8-15-9-7-13)10-11-2-4-12(16)5-3-11/h2-5,15-16H,1,6-10H2. The molecule has 1 saturated heterocycles. The van der Waals surface area contributed by atoms with Crippen LogP contribution in [0.1, 0.15) is 24.8 Å². The van der Waals surface area contributed by atoms with Crippen molar-refractivity contribution in [1.29, 1.82) is 0 Å². The average molecular weight is 223 g/mol. The van der Waals surface area contributed by atoms with Crippen molar-refractivity contribution in [3.63, 3.8) is 0 Å². The zero-order valence-electron chi connectivity index (χ0n) is 9.38. The van der Waals surface area contributed by atoms with E-state index in [9.17, 15) is 4.39 Å². The van der Waals surface area contributed by atoms with Crippen LogP contribution >= 0.6 is 0 Å². The van der Waals surface area contributed by atoms with Crippen molar-refractivity contribution in [3.05, 3.63) is 29.8 Å². The number of alkyl halides is 1. The molecule has 0 aromatic heterocycles. The molecular weight excluding hydrogens is 205 g/mol. The van der Waals surface area contributed by atoms with Crippen LogP contribution in [-0.4, -0.2) is 23.9 Å². The largest absolute Gasteiger partial charge is 0.508 e. The summed E-state index contributed by atoms with van der Waals surface area (Å²) in [5.74, 6) is 0.235. The molecule has 2 N–H and O–H groups in total. The SMILES string of the molecule is Oc1ccc(CC2(F)CCCNCC2)cc1. The van der Waals surface area contributed by atoms with E-state index in [1.54, 1.807) is 24.3 Å². The van der Waals surface area contributed by atoms with E-state index in [0.717, 1.165) is 25.1 Å². The third-order valence-corrected chi connectivity index (χ3v) is 3.19. The zero-order chi connectivity index (χ0) is 11.4. The maximum Gasteiger partial charge on any atom is 0.116 e. The maximum absolute atomic E-state index is 14.5. The van der Waals surface area contributed by atoms with Gasteiger partial charge in [0.05, 0.1) is 0 Å². The van der Waals surface area contributed by atoms with E-state index >= 15 is 0 Å². The number of phenols is 1. The lowest BCUT2D eigenvalue weighted by Gasteiger charge is -2.23. The van der Waals surface area contributed by atoms with Crippen LogP contribution in [0.25, 0.3) is 0 Å². The van der Waals surface area contributed by atoms with Gasteiger partial charge < -0.3 is 10.4 Å². The van der Waals surface area contributed by atoms with Crippen molar-refractivity contribution < 1.29 is 9.50 Å². The molecule has 0 aliphatic carbocycles. The van der Waals surface area contributed by atoms with Crippen LogP contribution in [0.5, 0.6) is 5.75 Å². The second kappa shape index (κ2) is 4.83. The molecular formula is C13H18FNO. The Morgan fingerprint density at radius 2 is 1.94 bits per heavy atom.